The van der Waals surface area contributed by atoms with Crippen molar-refractivity contribution in [1.82, 2.24) is 24.8 Å². The van der Waals surface area contributed by atoms with Crippen molar-refractivity contribution in [3.05, 3.63) is 70.3 Å². The van der Waals surface area contributed by atoms with Crippen LogP contribution in [0.4, 0.5) is 0 Å². The highest BCUT2D eigenvalue weighted by Gasteiger charge is 2.15. The molecule has 4 rings (SSSR count). The standard InChI is InChI=1S/C20H19N5O3S/c1-13-7-6-9-16(25-20(26)24(2)22-23-25)15(13)12-28-19-21-11-18(29-19)14-8-4-5-10-17(14)27-3/h4-11H,12H2,1-3H3. The fourth-order valence-electron chi connectivity index (χ4n) is 2.97. The highest BCUT2D eigenvalue weighted by molar-refractivity contribution is 7.16. The maximum Gasteiger partial charge on any atom is 0.368 e. The summed E-state index contributed by atoms with van der Waals surface area (Å²) in [6, 6.07) is 13.4. The molecule has 2 aromatic carbocycles. The minimum absolute atomic E-state index is 0.254. The van der Waals surface area contributed by atoms with Crippen LogP contribution in [0, 0.1) is 6.92 Å². The van der Waals surface area contributed by atoms with Gasteiger partial charge in [-0.2, -0.15) is 9.36 Å². The molecule has 0 spiro atoms. The van der Waals surface area contributed by atoms with Crippen molar-refractivity contribution in [2.45, 2.75) is 13.5 Å². The topological polar surface area (TPSA) is 84.1 Å². The van der Waals surface area contributed by atoms with E-state index in [4.69, 9.17) is 9.47 Å². The lowest BCUT2D eigenvalue weighted by Gasteiger charge is -2.11. The number of nitrogens with zero attached hydrogens (tertiary/aromatic N) is 5. The Hall–Kier alpha value is -3.46. The number of para-hydroxylation sites is 1. The van der Waals surface area contributed by atoms with Gasteiger partial charge in [0.25, 0.3) is 5.19 Å². The molecule has 4 aromatic rings. The lowest BCUT2D eigenvalue weighted by atomic mass is 10.1. The number of benzene rings is 2. The maximum atomic E-state index is 12.3. The van der Waals surface area contributed by atoms with Gasteiger partial charge in [0.1, 0.15) is 12.4 Å². The largest absolute Gasteiger partial charge is 0.496 e. The first-order valence-corrected chi connectivity index (χ1v) is 9.70. The van der Waals surface area contributed by atoms with Crippen LogP contribution in [0.25, 0.3) is 16.1 Å². The van der Waals surface area contributed by atoms with Gasteiger partial charge in [-0.15, -0.1) is 0 Å². The van der Waals surface area contributed by atoms with Crippen LogP contribution in [0.3, 0.4) is 0 Å². The van der Waals surface area contributed by atoms with Gasteiger partial charge in [-0.05, 0) is 41.1 Å². The van der Waals surface area contributed by atoms with Crippen molar-refractivity contribution in [2.75, 3.05) is 7.11 Å². The molecule has 0 unspecified atom stereocenters. The van der Waals surface area contributed by atoms with Crippen LogP contribution in [0.15, 0.2) is 53.5 Å². The van der Waals surface area contributed by atoms with Crippen molar-refractivity contribution in [1.29, 1.82) is 0 Å². The zero-order chi connectivity index (χ0) is 20.4. The number of aromatic nitrogens is 5. The first kappa shape index (κ1) is 18.9. The molecule has 29 heavy (non-hydrogen) atoms. The zero-order valence-electron chi connectivity index (χ0n) is 16.2. The van der Waals surface area contributed by atoms with Crippen LogP contribution < -0.4 is 15.2 Å². The Labute approximate surface area is 171 Å². The predicted molar refractivity (Wildman–Crippen MR) is 110 cm³/mol. The van der Waals surface area contributed by atoms with E-state index in [0.29, 0.717) is 10.9 Å². The number of hydrogen-bond donors (Lipinski definition) is 0. The van der Waals surface area contributed by atoms with Crippen molar-refractivity contribution in [3.8, 4) is 27.1 Å². The van der Waals surface area contributed by atoms with Gasteiger partial charge in [-0.3, -0.25) is 0 Å². The van der Waals surface area contributed by atoms with E-state index in [1.165, 1.54) is 20.7 Å². The lowest BCUT2D eigenvalue weighted by molar-refractivity contribution is 0.303. The molecule has 0 atom stereocenters. The Balaban J connectivity index is 1.60. The highest BCUT2D eigenvalue weighted by atomic mass is 32.1. The molecule has 0 saturated heterocycles. The van der Waals surface area contributed by atoms with Crippen molar-refractivity contribution >= 4 is 11.3 Å². The van der Waals surface area contributed by atoms with Crippen LogP contribution in [0.5, 0.6) is 10.9 Å². The summed E-state index contributed by atoms with van der Waals surface area (Å²) >= 11 is 1.44. The Morgan fingerprint density at radius 3 is 2.69 bits per heavy atom. The molecule has 8 nitrogen and oxygen atoms in total. The minimum atomic E-state index is -0.315. The van der Waals surface area contributed by atoms with E-state index in [0.717, 1.165) is 27.3 Å². The highest BCUT2D eigenvalue weighted by Crippen LogP contribution is 2.36. The second kappa shape index (κ2) is 7.88. The van der Waals surface area contributed by atoms with Gasteiger partial charge in [-0.1, -0.05) is 35.6 Å². The number of hydrogen-bond acceptors (Lipinski definition) is 7. The third kappa shape index (κ3) is 3.64. The molecule has 9 heteroatoms. The number of aryl methyl sites for hydroxylation is 2. The molecule has 0 N–H and O–H groups in total. The normalized spacial score (nSPS) is 10.9. The van der Waals surface area contributed by atoms with Crippen molar-refractivity contribution in [3.63, 3.8) is 0 Å². The molecule has 2 aromatic heterocycles. The van der Waals surface area contributed by atoms with Gasteiger partial charge in [0, 0.05) is 24.4 Å². The zero-order valence-corrected chi connectivity index (χ0v) is 17.0. The van der Waals surface area contributed by atoms with E-state index in [-0.39, 0.29) is 12.3 Å². The molecule has 0 amide bonds. The summed E-state index contributed by atoms with van der Waals surface area (Å²) in [5.74, 6) is 0.783. The van der Waals surface area contributed by atoms with Crippen molar-refractivity contribution in [2.24, 2.45) is 7.05 Å². The van der Waals surface area contributed by atoms with E-state index in [2.05, 4.69) is 15.4 Å². The summed E-state index contributed by atoms with van der Waals surface area (Å²) in [6.07, 6.45) is 1.77. The summed E-state index contributed by atoms with van der Waals surface area (Å²) in [4.78, 5) is 17.6. The quantitative estimate of drug-likeness (QED) is 0.487. The minimum Gasteiger partial charge on any atom is -0.496 e. The Kier molecular flexibility index (Phi) is 5.13. The molecular formula is C20H19N5O3S. The average Bonchev–Trinajstić information content (AvgIpc) is 3.34. The van der Waals surface area contributed by atoms with Gasteiger partial charge in [-0.25, -0.2) is 9.78 Å². The fourth-order valence-corrected chi connectivity index (χ4v) is 3.76. The van der Waals surface area contributed by atoms with Gasteiger partial charge in [0.15, 0.2) is 0 Å². The fraction of sp³-hybridized carbons (Fsp3) is 0.200. The maximum absolute atomic E-state index is 12.3. The molecule has 0 fully saturated rings. The summed E-state index contributed by atoms with van der Waals surface area (Å²) in [5.41, 5.74) is 3.13. The predicted octanol–water partition coefficient (Wildman–Crippen LogP) is 2.99. The molecule has 2 heterocycles. The van der Waals surface area contributed by atoms with Gasteiger partial charge in [0.05, 0.1) is 17.7 Å². The SMILES string of the molecule is COc1ccccc1-c1cnc(OCc2c(C)cccc2-n2nnn(C)c2=O)s1. The Morgan fingerprint density at radius 1 is 1.10 bits per heavy atom. The molecule has 0 aliphatic carbocycles. The average molecular weight is 409 g/mol. The number of tetrazole rings is 1. The van der Waals surface area contributed by atoms with Crippen LogP contribution in [-0.4, -0.2) is 31.9 Å². The Bertz CT molecular complexity index is 1210. The summed E-state index contributed by atoms with van der Waals surface area (Å²) in [6.45, 7) is 2.22. The third-order valence-corrected chi connectivity index (χ3v) is 5.48. The third-order valence-electron chi connectivity index (χ3n) is 4.53. The number of ether oxygens (including phenoxy) is 2. The number of methoxy groups -OCH3 is 1. The molecule has 148 valence electrons. The van der Waals surface area contributed by atoms with E-state index in [9.17, 15) is 4.79 Å². The summed E-state index contributed by atoms with van der Waals surface area (Å²) in [7, 11) is 3.21. The van der Waals surface area contributed by atoms with Crippen molar-refractivity contribution < 1.29 is 9.47 Å². The lowest BCUT2D eigenvalue weighted by Crippen LogP contribution is -2.23. The molecule has 0 saturated carbocycles. The first-order chi connectivity index (χ1) is 14.1. The second-order valence-electron chi connectivity index (χ2n) is 6.35. The number of thiazole rings is 1. The molecule has 0 radical (unpaired) electrons. The Morgan fingerprint density at radius 2 is 1.93 bits per heavy atom. The van der Waals surface area contributed by atoms with E-state index >= 15 is 0 Å². The van der Waals surface area contributed by atoms with Gasteiger partial charge in [0.2, 0.25) is 0 Å². The molecule has 0 aliphatic rings. The van der Waals surface area contributed by atoms with E-state index in [1.807, 2.05) is 49.4 Å². The van der Waals surface area contributed by atoms with E-state index < -0.39 is 0 Å². The van der Waals surface area contributed by atoms with Crippen LogP contribution in [0.2, 0.25) is 0 Å². The second-order valence-corrected chi connectivity index (χ2v) is 7.34. The molecule has 0 aliphatic heterocycles. The molecule has 0 bridgehead atoms. The number of rotatable bonds is 6. The van der Waals surface area contributed by atoms with Gasteiger partial charge >= 0.3 is 5.69 Å². The first-order valence-electron chi connectivity index (χ1n) is 8.88. The summed E-state index contributed by atoms with van der Waals surface area (Å²) < 4.78 is 13.8. The smallest absolute Gasteiger partial charge is 0.368 e. The van der Waals surface area contributed by atoms with Crippen LogP contribution in [0.1, 0.15) is 11.1 Å². The molecular weight excluding hydrogens is 390 g/mol. The van der Waals surface area contributed by atoms with E-state index in [1.54, 1.807) is 20.4 Å². The van der Waals surface area contributed by atoms with Crippen LogP contribution >= 0.6 is 11.3 Å². The van der Waals surface area contributed by atoms with Gasteiger partial charge < -0.3 is 9.47 Å². The monoisotopic (exact) mass is 409 g/mol. The van der Waals surface area contributed by atoms with Crippen LogP contribution in [-0.2, 0) is 13.7 Å². The summed E-state index contributed by atoms with van der Waals surface area (Å²) in [5, 5.41) is 8.26.